The summed E-state index contributed by atoms with van der Waals surface area (Å²) in [6.45, 7) is 23.5. The molecule has 0 aromatic carbocycles. The molecule has 0 bridgehead atoms. The molecule has 8 aromatic heterocycles. The van der Waals surface area contributed by atoms with Gasteiger partial charge in [0.15, 0.2) is 0 Å². The molecule has 2 saturated heterocycles. The van der Waals surface area contributed by atoms with E-state index in [0.29, 0.717) is 5.82 Å². The Bertz CT molecular complexity index is 3080. The maximum Gasteiger partial charge on any atom is 0.137 e. The fourth-order valence-electron chi connectivity index (χ4n) is 9.99. The highest BCUT2D eigenvalue weighted by Crippen LogP contribution is 2.23. The van der Waals surface area contributed by atoms with Crippen LogP contribution >= 0.6 is 15.9 Å². The topological polar surface area (TPSA) is 126 Å². The number of nitrogen functional groups attached to an aromatic ring is 1. The Morgan fingerprint density at radius 1 is 0.413 bits per heavy atom. The quantitative estimate of drug-likeness (QED) is 0.119. The fraction of sp³-hybridized carbons (Fsp3) is 0.377. The maximum absolute atomic E-state index is 5.83. The van der Waals surface area contributed by atoms with E-state index in [1.807, 2.05) is 43.2 Å². The van der Waals surface area contributed by atoms with Crippen molar-refractivity contribution in [1.82, 2.24) is 48.8 Å². The van der Waals surface area contributed by atoms with Crippen LogP contribution in [-0.4, -0.2) is 115 Å². The van der Waals surface area contributed by atoms with E-state index in [-0.39, 0.29) is 0 Å². The Morgan fingerprint density at radius 3 is 1.16 bits per heavy atom. The van der Waals surface area contributed by atoms with Crippen molar-refractivity contribution in [2.45, 2.75) is 87.0 Å². The molecule has 0 radical (unpaired) electrons. The molecule has 0 spiro atoms. The van der Waals surface area contributed by atoms with E-state index in [1.165, 1.54) is 62.0 Å². The first-order valence-corrected chi connectivity index (χ1v) is 27.2. The van der Waals surface area contributed by atoms with Crippen LogP contribution in [0.3, 0.4) is 0 Å². The summed E-state index contributed by atoms with van der Waals surface area (Å²) >= 11 is 3.47. The predicted octanol–water partition coefficient (Wildman–Crippen LogP) is 10.4. The highest BCUT2D eigenvalue weighted by Gasteiger charge is 2.17. The van der Waals surface area contributed by atoms with Crippen LogP contribution in [0.15, 0.2) is 121 Å². The summed E-state index contributed by atoms with van der Waals surface area (Å²) in [6.07, 6.45) is 17.2. The van der Waals surface area contributed by atoms with Crippen LogP contribution in [0.2, 0.25) is 0 Å². The molecule has 10 heterocycles. The number of aromatic nitrogens is 8. The van der Waals surface area contributed by atoms with Crippen LogP contribution in [0.1, 0.15) is 73.2 Å². The van der Waals surface area contributed by atoms with Gasteiger partial charge in [-0.05, 0) is 229 Å². The fourth-order valence-corrected chi connectivity index (χ4v) is 10.4. The first-order chi connectivity index (χ1) is 36.1. The standard InChI is InChI=1S/C24H31N5.C19H20BrN3.C18H25N5/c1-18-13-22(26-24(14-18)29-19(2)5-6-20(29)3)8-7-21-15-23(17-25-16-21)28-11-9-27(4)10-12-28;1-13-8-18(7-6-16-10-17(20)12-21-11-16)22-19(9-13)23-14(2)4-5-15(23)3;1-14-9-16(21-18(19)10-14)4-3-15-11-17(13-20-12-15)23-7-5-22(2)6-8-23/h5-6,13-17H,7-12H2,1-4H3;4-5,8-12H,6-7H2,1-3H3;9-13H,3-8H2,1-2H3,(H2,19,21). The van der Waals surface area contributed by atoms with Crippen molar-refractivity contribution in [3.05, 3.63) is 194 Å². The van der Waals surface area contributed by atoms with Crippen molar-refractivity contribution < 1.29 is 0 Å². The zero-order valence-electron chi connectivity index (χ0n) is 45.7. The molecule has 10 rings (SSSR count). The molecule has 0 atom stereocenters. The van der Waals surface area contributed by atoms with Gasteiger partial charge in [0.05, 0.1) is 23.8 Å². The van der Waals surface area contributed by atoms with Crippen LogP contribution in [-0.2, 0) is 38.5 Å². The van der Waals surface area contributed by atoms with Gasteiger partial charge in [0.25, 0.3) is 0 Å². The molecule has 13 nitrogen and oxygen atoms in total. The number of nitrogens with zero attached hydrogens (tertiary/aromatic N) is 12. The smallest absolute Gasteiger partial charge is 0.137 e. The molecule has 8 aromatic rings. The number of halogens is 1. The third-order valence-corrected chi connectivity index (χ3v) is 14.6. The van der Waals surface area contributed by atoms with E-state index in [1.54, 1.807) is 0 Å². The summed E-state index contributed by atoms with van der Waals surface area (Å²) in [7, 11) is 4.36. The van der Waals surface area contributed by atoms with Gasteiger partial charge in [-0.25, -0.2) is 15.0 Å². The Kier molecular flexibility index (Phi) is 18.7. The molecule has 0 saturated carbocycles. The Balaban J connectivity index is 0.000000151. The minimum Gasteiger partial charge on any atom is -0.384 e. The molecular weight excluding hydrogens is 995 g/mol. The Morgan fingerprint density at radius 2 is 0.773 bits per heavy atom. The lowest BCUT2D eigenvalue weighted by atomic mass is 10.1. The highest BCUT2D eigenvalue weighted by atomic mass is 79.9. The Hall–Kier alpha value is -6.74. The predicted molar refractivity (Wildman–Crippen MR) is 311 cm³/mol. The van der Waals surface area contributed by atoms with Crippen LogP contribution < -0.4 is 15.5 Å². The number of nitrogens with two attached hydrogens (primary N) is 1. The summed E-state index contributed by atoms with van der Waals surface area (Å²) in [6, 6.07) is 27.9. The second-order valence-corrected chi connectivity index (χ2v) is 21.6. The van der Waals surface area contributed by atoms with Gasteiger partial charge in [-0.2, -0.15) is 0 Å². The van der Waals surface area contributed by atoms with Crippen LogP contribution in [0.4, 0.5) is 17.2 Å². The monoisotopic (exact) mass is 1070 g/mol. The number of pyridine rings is 6. The SMILES string of the molecule is Cc1cc(CCc2cncc(Br)c2)nc(-n2c(C)ccc2C)c1.Cc1cc(CCc2cncc(N3CCN(C)CC3)c2)nc(-n2c(C)ccc2C)c1.Cc1cc(N)nc(CCc2cncc(N3CCN(C)CC3)c2)c1. The van der Waals surface area contributed by atoms with Gasteiger partial charge >= 0.3 is 0 Å². The van der Waals surface area contributed by atoms with Crippen LogP contribution in [0.5, 0.6) is 0 Å². The summed E-state index contributed by atoms with van der Waals surface area (Å²) in [5.74, 6) is 2.63. The van der Waals surface area contributed by atoms with Gasteiger partial charge in [0.2, 0.25) is 0 Å². The molecule has 392 valence electrons. The minimum absolute atomic E-state index is 0.601. The lowest BCUT2D eigenvalue weighted by Gasteiger charge is -2.34. The lowest BCUT2D eigenvalue weighted by Crippen LogP contribution is -2.44. The molecule has 75 heavy (non-hydrogen) atoms. The number of likely N-dealkylation sites (N-methyl/N-ethyl adjacent to an activating group) is 2. The zero-order valence-corrected chi connectivity index (χ0v) is 47.3. The second kappa shape index (κ2) is 25.7. The van der Waals surface area contributed by atoms with Crippen molar-refractivity contribution in [3.63, 3.8) is 0 Å². The molecule has 2 N–H and O–H groups in total. The maximum atomic E-state index is 5.83. The minimum atomic E-state index is 0.601. The molecule has 0 amide bonds. The van der Waals surface area contributed by atoms with Gasteiger partial charge in [-0.3, -0.25) is 15.0 Å². The molecule has 0 aliphatic carbocycles. The van der Waals surface area contributed by atoms with E-state index in [4.69, 9.17) is 15.7 Å². The van der Waals surface area contributed by atoms with Gasteiger partial charge in [-0.1, -0.05) is 0 Å². The zero-order chi connectivity index (χ0) is 53.0. The number of hydrogen-bond donors (Lipinski definition) is 1. The van der Waals surface area contributed by atoms with Gasteiger partial charge in [0, 0.05) is 121 Å². The molecule has 14 heteroatoms. The van der Waals surface area contributed by atoms with Crippen molar-refractivity contribution in [3.8, 4) is 11.6 Å². The highest BCUT2D eigenvalue weighted by molar-refractivity contribution is 9.10. The Labute approximate surface area is 454 Å². The number of hydrogen-bond acceptors (Lipinski definition) is 11. The summed E-state index contributed by atoms with van der Waals surface area (Å²) in [4.78, 5) is 37.0. The van der Waals surface area contributed by atoms with Gasteiger partial charge in [0.1, 0.15) is 17.5 Å². The van der Waals surface area contributed by atoms with Crippen molar-refractivity contribution in [2.24, 2.45) is 0 Å². The van der Waals surface area contributed by atoms with Gasteiger partial charge in [-0.15, -0.1) is 0 Å². The number of anilines is 3. The number of piperazine rings is 2. The summed E-state index contributed by atoms with van der Waals surface area (Å²) in [5.41, 5.74) is 23.9. The third kappa shape index (κ3) is 15.4. The summed E-state index contributed by atoms with van der Waals surface area (Å²) < 4.78 is 5.45. The number of aryl methyl sites for hydroxylation is 13. The second-order valence-electron chi connectivity index (χ2n) is 20.6. The number of rotatable bonds is 13. The van der Waals surface area contributed by atoms with E-state index >= 15 is 0 Å². The van der Waals surface area contributed by atoms with E-state index in [2.05, 4.69) is 200 Å². The van der Waals surface area contributed by atoms with Crippen molar-refractivity contribution >= 4 is 33.1 Å². The van der Waals surface area contributed by atoms with E-state index in [0.717, 1.165) is 130 Å². The molecular formula is C61H76BrN13. The third-order valence-electron chi connectivity index (χ3n) is 14.1. The van der Waals surface area contributed by atoms with E-state index < -0.39 is 0 Å². The van der Waals surface area contributed by atoms with Crippen molar-refractivity contribution in [2.75, 3.05) is 82.0 Å². The first kappa shape index (κ1) is 54.5. The normalized spacial score (nSPS) is 14.1. The average Bonchev–Trinajstić information content (AvgIpc) is 3.92. The average molecular weight is 1070 g/mol. The largest absolute Gasteiger partial charge is 0.384 e. The van der Waals surface area contributed by atoms with Crippen molar-refractivity contribution in [1.29, 1.82) is 0 Å². The molecule has 2 fully saturated rings. The molecule has 0 unspecified atom stereocenters. The van der Waals surface area contributed by atoms with Crippen LogP contribution in [0, 0.1) is 48.5 Å². The summed E-state index contributed by atoms with van der Waals surface area (Å²) in [5, 5.41) is 0. The van der Waals surface area contributed by atoms with Crippen LogP contribution in [0.25, 0.3) is 11.6 Å². The van der Waals surface area contributed by atoms with Gasteiger partial charge < -0.3 is 34.5 Å². The first-order valence-electron chi connectivity index (χ1n) is 26.5. The molecule has 2 aliphatic rings. The van der Waals surface area contributed by atoms with E-state index in [9.17, 15) is 0 Å². The molecule has 2 aliphatic heterocycles. The lowest BCUT2D eigenvalue weighted by molar-refractivity contribution is 0.313.